The van der Waals surface area contributed by atoms with E-state index in [1.165, 1.54) is 30.3 Å². The molecule has 1 amide bonds. The number of rotatable bonds is 4. The lowest BCUT2D eigenvalue weighted by atomic mass is 10.0. The Balaban J connectivity index is 1.58. The molecule has 2 aliphatic rings. The molecule has 7 heteroatoms. The van der Waals surface area contributed by atoms with Crippen molar-refractivity contribution >= 4 is 21.5 Å². The molecule has 2 heterocycles. The Labute approximate surface area is 157 Å². The van der Waals surface area contributed by atoms with Crippen molar-refractivity contribution in [2.24, 2.45) is 5.92 Å². The molecule has 1 unspecified atom stereocenters. The van der Waals surface area contributed by atoms with Crippen LogP contribution < -0.4 is 10.6 Å². The van der Waals surface area contributed by atoms with Crippen LogP contribution in [0.25, 0.3) is 0 Å². The summed E-state index contributed by atoms with van der Waals surface area (Å²) in [5, 5.41) is 6.13. The maximum absolute atomic E-state index is 12.9. The predicted molar refractivity (Wildman–Crippen MR) is 99.7 cm³/mol. The second-order valence-electron chi connectivity index (χ2n) is 6.94. The Morgan fingerprint density at radius 3 is 2.67 bits per heavy atom. The van der Waals surface area contributed by atoms with E-state index < -0.39 is 9.84 Å². The number of benzene rings is 2. The number of amides is 1. The van der Waals surface area contributed by atoms with Crippen molar-refractivity contribution in [3.8, 4) is 0 Å². The van der Waals surface area contributed by atoms with Gasteiger partial charge in [-0.3, -0.25) is 9.59 Å². The molecule has 1 fully saturated rings. The van der Waals surface area contributed by atoms with Gasteiger partial charge in [0.25, 0.3) is 5.91 Å². The predicted octanol–water partition coefficient (Wildman–Crippen LogP) is 1.79. The third-order valence-corrected chi connectivity index (χ3v) is 7.05. The molecule has 27 heavy (non-hydrogen) atoms. The Morgan fingerprint density at radius 2 is 1.89 bits per heavy atom. The van der Waals surface area contributed by atoms with Gasteiger partial charge in [0.15, 0.2) is 5.78 Å². The zero-order chi connectivity index (χ0) is 19.0. The Hall–Kier alpha value is -2.51. The van der Waals surface area contributed by atoms with Crippen LogP contribution in [0.3, 0.4) is 0 Å². The van der Waals surface area contributed by atoms with Gasteiger partial charge in [-0.05, 0) is 62.2 Å². The third-order valence-electron chi connectivity index (χ3n) is 5.20. The molecule has 0 spiro atoms. The summed E-state index contributed by atoms with van der Waals surface area (Å²) in [5.74, 6) is -0.107. The number of hydrogen-bond donors (Lipinski definition) is 2. The fourth-order valence-corrected chi connectivity index (χ4v) is 5.36. The summed E-state index contributed by atoms with van der Waals surface area (Å²) in [5.41, 5.74) is 0.531. The standard InChI is InChI=1S/C20H20N2O4S/c23-19-15-3-1-2-4-17(15)27(25,26)18-11-14(5-6-16(18)19)20(24)22-10-8-13-7-9-21-12-13/h1-6,11,13,21H,7-10,12H2,(H,22,24). The SMILES string of the molecule is O=C(NCCC1CCNC1)c1ccc2c(c1)S(=O)(=O)c1ccccc1C2=O. The summed E-state index contributed by atoms with van der Waals surface area (Å²) in [6.45, 7) is 2.52. The molecule has 6 nitrogen and oxygen atoms in total. The van der Waals surface area contributed by atoms with E-state index in [9.17, 15) is 18.0 Å². The van der Waals surface area contributed by atoms with Crippen LogP contribution in [0.1, 0.15) is 39.1 Å². The molecule has 2 aromatic rings. The maximum atomic E-state index is 12.9. The minimum atomic E-state index is -3.83. The van der Waals surface area contributed by atoms with Crippen molar-refractivity contribution in [3.05, 3.63) is 59.2 Å². The molecule has 4 rings (SSSR count). The largest absolute Gasteiger partial charge is 0.352 e. The maximum Gasteiger partial charge on any atom is 0.251 e. The monoisotopic (exact) mass is 384 g/mol. The van der Waals surface area contributed by atoms with Crippen LogP contribution in [0.4, 0.5) is 0 Å². The van der Waals surface area contributed by atoms with Crippen molar-refractivity contribution in [1.82, 2.24) is 10.6 Å². The van der Waals surface area contributed by atoms with Crippen LogP contribution >= 0.6 is 0 Å². The molecule has 1 atom stereocenters. The van der Waals surface area contributed by atoms with Gasteiger partial charge < -0.3 is 10.6 Å². The minimum absolute atomic E-state index is 0.00575. The number of carbonyl (C=O) groups excluding carboxylic acids is 2. The van der Waals surface area contributed by atoms with E-state index in [4.69, 9.17) is 0 Å². The summed E-state index contributed by atoms with van der Waals surface area (Å²) in [6, 6.07) is 10.4. The van der Waals surface area contributed by atoms with Crippen LogP contribution in [0.5, 0.6) is 0 Å². The lowest BCUT2D eigenvalue weighted by molar-refractivity contribution is 0.0949. The lowest BCUT2D eigenvalue weighted by Crippen LogP contribution is -2.27. The van der Waals surface area contributed by atoms with Crippen LogP contribution in [0.2, 0.25) is 0 Å². The highest BCUT2D eigenvalue weighted by Crippen LogP contribution is 2.34. The van der Waals surface area contributed by atoms with Crippen molar-refractivity contribution < 1.29 is 18.0 Å². The van der Waals surface area contributed by atoms with Crippen LogP contribution in [-0.4, -0.2) is 39.7 Å². The summed E-state index contributed by atoms with van der Waals surface area (Å²) in [6.07, 6.45) is 1.99. The van der Waals surface area contributed by atoms with Crippen LogP contribution in [0.15, 0.2) is 52.3 Å². The van der Waals surface area contributed by atoms with Gasteiger partial charge in [0.05, 0.1) is 9.79 Å². The highest BCUT2D eigenvalue weighted by Gasteiger charge is 2.35. The van der Waals surface area contributed by atoms with Gasteiger partial charge in [-0.15, -0.1) is 0 Å². The van der Waals surface area contributed by atoms with Gasteiger partial charge in [-0.2, -0.15) is 0 Å². The second kappa shape index (κ2) is 6.90. The molecule has 140 valence electrons. The summed E-state index contributed by atoms with van der Waals surface area (Å²) < 4.78 is 25.8. The second-order valence-corrected chi connectivity index (χ2v) is 8.83. The van der Waals surface area contributed by atoms with Crippen molar-refractivity contribution in [2.75, 3.05) is 19.6 Å². The van der Waals surface area contributed by atoms with Crippen LogP contribution in [0, 0.1) is 5.92 Å². The van der Waals surface area contributed by atoms with Gasteiger partial charge >= 0.3 is 0 Å². The fraction of sp³-hybridized carbons (Fsp3) is 0.300. The first-order valence-electron chi connectivity index (χ1n) is 9.00. The van der Waals surface area contributed by atoms with Gasteiger partial charge in [-0.1, -0.05) is 12.1 Å². The average molecular weight is 384 g/mol. The van der Waals surface area contributed by atoms with E-state index in [-0.39, 0.29) is 38.2 Å². The van der Waals surface area contributed by atoms with E-state index >= 15 is 0 Å². The number of nitrogens with one attached hydrogen (secondary N) is 2. The van der Waals surface area contributed by atoms with Crippen molar-refractivity contribution in [1.29, 1.82) is 0 Å². The summed E-state index contributed by atoms with van der Waals surface area (Å²) in [4.78, 5) is 25.0. The highest BCUT2D eigenvalue weighted by atomic mass is 32.2. The Bertz CT molecular complexity index is 1020. The molecule has 2 aliphatic heterocycles. The van der Waals surface area contributed by atoms with Gasteiger partial charge in [-0.25, -0.2) is 8.42 Å². The summed E-state index contributed by atoms with van der Waals surface area (Å²) in [7, 11) is -3.83. The molecule has 0 bridgehead atoms. The van der Waals surface area contributed by atoms with E-state index in [2.05, 4.69) is 10.6 Å². The molecule has 0 aliphatic carbocycles. The first-order chi connectivity index (χ1) is 13.0. The zero-order valence-electron chi connectivity index (χ0n) is 14.7. The fourth-order valence-electron chi connectivity index (χ4n) is 3.68. The zero-order valence-corrected chi connectivity index (χ0v) is 15.5. The van der Waals surface area contributed by atoms with Gasteiger partial charge in [0.2, 0.25) is 9.84 Å². The van der Waals surface area contributed by atoms with E-state index in [0.29, 0.717) is 12.5 Å². The molecule has 0 aromatic heterocycles. The molecular weight excluding hydrogens is 364 g/mol. The third kappa shape index (κ3) is 3.17. The highest BCUT2D eigenvalue weighted by molar-refractivity contribution is 7.91. The number of fused-ring (bicyclic) bond motifs is 2. The van der Waals surface area contributed by atoms with Gasteiger partial charge in [0, 0.05) is 23.2 Å². The van der Waals surface area contributed by atoms with Crippen LogP contribution in [-0.2, 0) is 9.84 Å². The molecule has 0 saturated carbocycles. The summed E-state index contributed by atoms with van der Waals surface area (Å²) >= 11 is 0. The Kier molecular flexibility index (Phi) is 4.57. The van der Waals surface area contributed by atoms with E-state index in [1.54, 1.807) is 12.1 Å². The van der Waals surface area contributed by atoms with E-state index in [1.807, 2.05) is 0 Å². The number of sulfone groups is 1. The lowest BCUT2D eigenvalue weighted by Gasteiger charge is -2.19. The molecular formula is C20H20N2O4S. The normalized spacial score (nSPS) is 20.0. The molecule has 2 N–H and O–H groups in total. The topological polar surface area (TPSA) is 92.3 Å². The van der Waals surface area contributed by atoms with Crippen molar-refractivity contribution in [2.45, 2.75) is 22.6 Å². The first-order valence-corrected chi connectivity index (χ1v) is 10.5. The van der Waals surface area contributed by atoms with E-state index in [0.717, 1.165) is 25.9 Å². The molecule has 1 saturated heterocycles. The Morgan fingerprint density at radius 1 is 1.11 bits per heavy atom. The van der Waals surface area contributed by atoms with Gasteiger partial charge in [0.1, 0.15) is 0 Å². The molecule has 2 aromatic carbocycles. The number of carbonyl (C=O) groups is 2. The first kappa shape index (κ1) is 17.9. The number of ketones is 1. The molecule has 0 radical (unpaired) electrons. The van der Waals surface area contributed by atoms with Crippen molar-refractivity contribution in [3.63, 3.8) is 0 Å². The smallest absolute Gasteiger partial charge is 0.251 e. The quantitative estimate of drug-likeness (QED) is 0.716. The minimum Gasteiger partial charge on any atom is -0.352 e. The average Bonchev–Trinajstić information content (AvgIpc) is 3.19. The number of hydrogen-bond acceptors (Lipinski definition) is 5.